The fraction of sp³-hybridized carbons (Fsp3) is 0.194. The highest BCUT2D eigenvalue weighted by molar-refractivity contribution is 7.07. The number of anilines is 1. The van der Waals surface area contributed by atoms with Crippen molar-refractivity contribution in [3.05, 3.63) is 144 Å². The number of carbonyl (C=O) groups is 1. The Kier molecular flexibility index (Phi) is 8.85. The predicted molar refractivity (Wildman–Crippen MR) is 176 cm³/mol. The molecule has 0 saturated carbocycles. The summed E-state index contributed by atoms with van der Waals surface area (Å²) in [6.07, 6.45) is -2.81. The van der Waals surface area contributed by atoms with Gasteiger partial charge in [0.2, 0.25) is 0 Å². The molecule has 3 heterocycles. The second-order valence-corrected chi connectivity index (χ2v) is 12.2. The van der Waals surface area contributed by atoms with E-state index in [0.717, 1.165) is 17.7 Å². The van der Waals surface area contributed by atoms with Gasteiger partial charge in [-0.2, -0.15) is 13.2 Å². The van der Waals surface area contributed by atoms with Crippen LogP contribution in [0.25, 0.3) is 6.08 Å². The zero-order chi connectivity index (χ0) is 34.2. The van der Waals surface area contributed by atoms with Crippen LogP contribution in [0.15, 0.2) is 104 Å². The number of ether oxygens (including phenoxy) is 2. The minimum Gasteiger partial charge on any atom is -0.496 e. The first-order chi connectivity index (χ1) is 22.9. The van der Waals surface area contributed by atoms with Gasteiger partial charge in [-0.25, -0.2) is 4.99 Å². The zero-order valence-corrected chi connectivity index (χ0v) is 27.2. The van der Waals surface area contributed by atoms with Crippen molar-refractivity contribution in [2.75, 3.05) is 12.4 Å². The first kappa shape index (κ1) is 32.6. The minimum absolute atomic E-state index is 0.0522. The average molecular weight is 674 g/mol. The number of nitrogens with one attached hydrogen (secondary N) is 1. The Morgan fingerprint density at radius 2 is 1.83 bits per heavy atom. The van der Waals surface area contributed by atoms with Gasteiger partial charge in [-0.05, 0) is 86.5 Å². The molecule has 48 heavy (non-hydrogen) atoms. The highest BCUT2D eigenvalue weighted by Gasteiger charge is 2.35. The number of halogens is 3. The van der Waals surface area contributed by atoms with Gasteiger partial charge >= 0.3 is 6.18 Å². The molecule has 12 heteroatoms. The van der Waals surface area contributed by atoms with Crippen molar-refractivity contribution in [3.63, 3.8) is 0 Å². The lowest BCUT2D eigenvalue weighted by molar-refractivity contribution is -0.137. The lowest BCUT2D eigenvalue weighted by Crippen LogP contribution is -2.40. The SMILES string of the molecule is COc1ccc(C=c2sc3n(c2=O)C(c2ccc(C)o2)C(C(=O)Nc2ccccc2C)=C(C)N=3)cc1COc1cccc(C(F)(F)F)c1. The molecule has 0 fully saturated rings. The number of aryl methyl sites for hydroxylation is 2. The maximum Gasteiger partial charge on any atom is 0.416 e. The first-order valence-corrected chi connectivity index (χ1v) is 15.7. The summed E-state index contributed by atoms with van der Waals surface area (Å²) in [5.74, 6) is 1.16. The molecule has 1 aliphatic heterocycles. The third-order valence-corrected chi connectivity index (χ3v) is 8.83. The van der Waals surface area contributed by atoms with Crippen LogP contribution < -0.4 is 29.7 Å². The van der Waals surface area contributed by atoms with Gasteiger partial charge in [0, 0.05) is 11.3 Å². The number of furan rings is 1. The predicted octanol–water partition coefficient (Wildman–Crippen LogP) is 6.69. The second kappa shape index (κ2) is 13.0. The number of amides is 1. The lowest BCUT2D eigenvalue weighted by atomic mass is 10.00. The summed E-state index contributed by atoms with van der Waals surface area (Å²) in [6, 6.07) is 19.9. The Balaban J connectivity index is 1.37. The molecule has 8 nitrogen and oxygen atoms in total. The molecule has 3 aromatic carbocycles. The number of hydrogen-bond acceptors (Lipinski definition) is 7. The summed E-state index contributed by atoms with van der Waals surface area (Å²) in [5, 5.41) is 2.97. The van der Waals surface area contributed by atoms with Crippen LogP contribution in [0.5, 0.6) is 11.5 Å². The van der Waals surface area contributed by atoms with Gasteiger partial charge in [-0.3, -0.25) is 14.2 Å². The van der Waals surface area contributed by atoms with Gasteiger partial charge in [-0.15, -0.1) is 0 Å². The Hall–Kier alpha value is -5.36. The normalized spacial score (nSPS) is 14.8. The van der Waals surface area contributed by atoms with Crippen LogP contribution in [0, 0.1) is 13.8 Å². The molecule has 1 unspecified atom stereocenters. The molecule has 0 aliphatic carbocycles. The number of carbonyl (C=O) groups excluding carboxylic acids is 1. The number of allylic oxidation sites excluding steroid dienone is 1. The summed E-state index contributed by atoms with van der Waals surface area (Å²) in [7, 11) is 1.48. The maximum absolute atomic E-state index is 14.1. The summed E-state index contributed by atoms with van der Waals surface area (Å²) < 4.78 is 58.6. The maximum atomic E-state index is 14.1. The highest BCUT2D eigenvalue weighted by Crippen LogP contribution is 2.33. The Bertz CT molecular complexity index is 2250. The molecular formula is C36H30F3N3O5S. The highest BCUT2D eigenvalue weighted by atomic mass is 32.1. The number of para-hydroxylation sites is 1. The molecule has 5 aromatic rings. The molecule has 6 rings (SSSR count). The average Bonchev–Trinajstić information content (AvgIpc) is 3.62. The lowest BCUT2D eigenvalue weighted by Gasteiger charge is -2.23. The molecule has 0 bridgehead atoms. The second-order valence-electron chi connectivity index (χ2n) is 11.2. The van der Waals surface area contributed by atoms with Crippen LogP contribution in [0.2, 0.25) is 0 Å². The largest absolute Gasteiger partial charge is 0.496 e. The van der Waals surface area contributed by atoms with E-state index in [1.165, 1.54) is 35.1 Å². The number of hydrogen-bond donors (Lipinski definition) is 1. The van der Waals surface area contributed by atoms with E-state index >= 15 is 0 Å². The summed E-state index contributed by atoms with van der Waals surface area (Å²) in [6.45, 7) is 5.33. The van der Waals surface area contributed by atoms with Crippen LogP contribution in [-0.4, -0.2) is 17.6 Å². The van der Waals surface area contributed by atoms with Crippen molar-refractivity contribution in [2.45, 2.75) is 39.6 Å². The summed E-state index contributed by atoms with van der Waals surface area (Å²) >= 11 is 1.17. The molecule has 1 amide bonds. The molecule has 2 aromatic heterocycles. The zero-order valence-electron chi connectivity index (χ0n) is 26.3. The van der Waals surface area contributed by atoms with Crippen molar-refractivity contribution in [2.24, 2.45) is 4.99 Å². The van der Waals surface area contributed by atoms with Crippen LogP contribution in [0.1, 0.15) is 46.7 Å². The van der Waals surface area contributed by atoms with E-state index in [1.54, 1.807) is 56.3 Å². The van der Waals surface area contributed by atoms with E-state index in [1.807, 2.05) is 25.1 Å². The molecule has 1 aliphatic rings. The van der Waals surface area contributed by atoms with E-state index in [4.69, 9.17) is 13.9 Å². The van der Waals surface area contributed by atoms with Gasteiger partial charge in [0.15, 0.2) is 4.80 Å². The molecule has 0 radical (unpaired) electrons. The molecule has 0 saturated heterocycles. The third kappa shape index (κ3) is 6.56. The van der Waals surface area contributed by atoms with E-state index in [0.29, 0.717) is 49.1 Å². The first-order valence-electron chi connectivity index (χ1n) is 14.9. The van der Waals surface area contributed by atoms with Gasteiger partial charge < -0.3 is 19.2 Å². The van der Waals surface area contributed by atoms with Crippen LogP contribution in [0.3, 0.4) is 0 Å². The number of fused-ring (bicyclic) bond motifs is 1. The minimum atomic E-state index is -4.50. The quantitative estimate of drug-likeness (QED) is 0.198. The monoisotopic (exact) mass is 673 g/mol. The number of thiazole rings is 1. The molecular weight excluding hydrogens is 643 g/mol. The Morgan fingerprint density at radius 3 is 2.54 bits per heavy atom. The number of aromatic nitrogens is 1. The number of methoxy groups -OCH3 is 1. The van der Waals surface area contributed by atoms with Crippen molar-refractivity contribution in [3.8, 4) is 11.5 Å². The standard InChI is InChI=1S/C36H30F3N3O5S/c1-20-8-5-6-11-27(20)41-33(43)31-22(3)40-35-42(32(31)29-14-12-21(2)47-29)34(44)30(48-35)17-23-13-15-28(45-4)24(16-23)19-46-26-10-7-9-25(18-26)36(37,38)39/h5-18,32H,19H2,1-4H3,(H,41,43). The summed E-state index contributed by atoms with van der Waals surface area (Å²) in [5.41, 5.74) is 2.26. The van der Waals surface area contributed by atoms with E-state index in [2.05, 4.69) is 10.3 Å². The van der Waals surface area contributed by atoms with Crippen LogP contribution in [-0.2, 0) is 17.6 Å². The number of rotatable bonds is 8. The van der Waals surface area contributed by atoms with Crippen LogP contribution in [0.4, 0.5) is 18.9 Å². The molecule has 1 atom stereocenters. The third-order valence-electron chi connectivity index (χ3n) is 7.85. The number of benzene rings is 3. The summed E-state index contributed by atoms with van der Waals surface area (Å²) in [4.78, 5) is 32.9. The van der Waals surface area contributed by atoms with Gasteiger partial charge in [0.25, 0.3) is 11.5 Å². The van der Waals surface area contributed by atoms with E-state index in [9.17, 15) is 22.8 Å². The molecule has 246 valence electrons. The fourth-order valence-electron chi connectivity index (χ4n) is 5.46. The van der Waals surface area contributed by atoms with E-state index in [-0.39, 0.29) is 23.5 Å². The van der Waals surface area contributed by atoms with Crippen LogP contribution >= 0.6 is 11.3 Å². The van der Waals surface area contributed by atoms with Crippen molar-refractivity contribution in [1.82, 2.24) is 4.57 Å². The Morgan fingerprint density at radius 1 is 1.04 bits per heavy atom. The van der Waals surface area contributed by atoms with Gasteiger partial charge in [0.05, 0.1) is 28.5 Å². The smallest absolute Gasteiger partial charge is 0.416 e. The number of alkyl halides is 3. The fourth-order valence-corrected chi connectivity index (χ4v) is 6.51. The molecule has 0 spiro atoms. The van der Waals surface area contributed by atoms with Crippen molar-refractivity contribution >= 4 is 29.0 Å². The van der Waals surface area contributed by atoms with Crippen molar-refractivity contribution < 1.29 is 31.9 Å². The van der Waals surface area contributed by atoms with Gasteiger partial charge in [-0.1, -0.05) is 41.7 Å². The molecule has 1 N–H and O–H groups in total. The van der Waals surface area contributed by atoms with E-state index < -0.39 is 23.7 Å². The van der Waals surface area contributed by atoms with Gasteiger partial charge in [0.1, 0.15) is 35.7 Å². The Labute approximate surface area is 277 Å². The van der Waals surface area contributed by atoms with Crippen molar-refractivity contribution in [1.29, 1.82) is 0 Å². The topological polar surface area (TPSA) is 95.1 Å². The number of nitrogens with zero attached hydrogens (tertiary/aromatic N) is 2.